The third kappa shape index (κ3) is 9.52. The first kappa shape index (κ1) is 30.0. The molecule has 10 rings (SSSR count). The highest BCUT2D eigenvalue weighted by Crippen LogP contribution is 2.41. The predicted molar refractivity (Wildman–Crippen MR) is 279 cm³/mol. The van der Waals surface area contributed by atoms with Crippen molar-refractivity contribution in [2.24, 2.45) is 0 Å². The number of fused-ring (bicyclic) bond motifs is 3. The van der Waals surface area contributed by atoms with Crippen LogP contribution in [0.3, 0.4) is 0 Å². The minimum Gasteiger partial charge on any atom is -0.455 e. The van der Waals surface area contributed by atoms with Crippen LogP contribution in [0.1, 0.15) is 105 Å². The lowest BCUT2D eigenvalue weighted by molar-refractivity contribution is 0.622. The first-order valence-corrected chi connectivity index (χ1v) is 22.3. The van der Waals surface area contributed by atoms with Gasteiger partial charge in [-0.05, 0) is 136 Å². The van der Waals surface area contributed by atoms with Crippen molar-refractivity contribution < 1.29 is 29.4 Å². The first-order chi connectivity index (χ1) is 38.8. The molecule has 0 spiro atoms. The Balaban J connectivity index is 1.11. The third-order valence-electron chi connectivity index (χ3n) is 11.6. The highest BCUT2D eigenvalue weighted by atomic mass is 19.1. The largest absolute Gasteiger partial charge is 0.455 e. The van der Waals surface area contributed by atoms with E-state index in [0.29, 0.717) is 50.0 Å². The van der Waals surface area contributed by atoms with Crippen molar-refractivity contribution in [3.05, 3.63) is 233 Å². The molecule has 0 atom stereocenters. The van der Waals surface area contributed by atoms with Crippen molar-refractivity contribution >= 4 is 21.9 Å². The number of aryl methyl sites for hydroxylation is 6. The zero-order chi connectivity index (χ0) is 60.0. The van der Waals surface area contributed by atoms with Gasteiger partial charge in [-0.3, -0.25) is 15.0 Å². The van der Waals surface area contributed by atoms with Gasteiger partial charge in [0.05, 0.1) is 24.0 Å². The number of benzene rings is 6. The molecule has 0 saturated carbocycles. The quantitative estimate of drug-likeness (QED) is 0.103. The van der Waals surface area contributed by atoms with E-state index in [2.05, 4.69) is 15.0 Å². The second-order valence-corrected chi connectivity index (χ2v) is 16.8. The molecule has 0 unspecified atom stereocenters. The Hall–Kier alpha value is -7.50. The van der Waals surface area contributed by atoms with Crippen LogP contribution >= 0.6 is 0 Å². The molecule has 68 heavy (non-hydrogen) atoms. The fourth-order valence-electron chi connectivity index (χ4n) is 8.20. The Morgan fingerprint density at radius 2 is 0.971 bits per heavy atom. The molecule has 0 bridgehead atoms. The van der Waals surface area contributed by atoms with Crippen LogP contribution < -0.4 is 0 Å². The van der Waals surface area contributed by atoms with Gasteiger partial charge in [-0.15, -0.1) is 0 Å². The standard InChI is InChI=1S/C63H56FN3O/c1-41(2)55-36-59(47-15-8-5-9-16-47)66-39-50(55)28-25-45-33-44(34-46(35-45)26-29-51-40-67-60(37-56(51)42(3)4)48-17-10-6-11-18-48)24-23-43-27-32-58(65-38-43)54-22-14-21-52-53-30-31-57(64)61(63(53)68-62(52)54)49-19-12-7-13-20-49/h5-22,27,30-42H,23-26,28-29H2,1-4H3/i23D2,24D2,25D2,26D2,28D2,29D2,31D,41D,42D. The van der Waals surface area contributed by atoms with Crippen LogP contribution in [0, 0.1) is 5.82 Å². The summed E-state index contributed by atoms with van der Waals surface area (Å²) in [5, 5.41) is 1.02. The van der Waals surface area contributed by atoms with Crippen molar-refractivity contribution in [1.82, 2.24) is 15.0 Å². The molecule has 4 heterocycles. The Bertz CT molecular complexity index is 3940. The molecular formula is C63H56FN3O. The summed E-state index contributed by atoms with van der Waals surface area (Å²) in [5.74, 6) is -3.87. The number of nitrogens with zero attached hydrogens (tertiary/aromatic N) is 3. The topological polar surface area (TPSA) is 51.8 Å². The van der Waals surface area contributed by atoms with Crippen LogP contribution in [0.25, 0.3) is 66.8 Å². The number of hydrogen-bond acceptors (Lipinski definition) is 4. The summed E-state index contributed by atoms with van der Waals surface area (Å²) >= 11 is 0. The van der Waals surface area contributed by atoms with Gasteiger partial charge in [0.2, 0.25) is 0 Å². The number of rotatable bonds is 15. The predicted octanol–water partition coefficient (Wildman–Crippen LogP) is 16.2. The van der Waals surface area contributed by atoms with Crippen molar-refractivity contribution in [3.63, 3.8) is 0 Å². The van der Waals surface area contributed by atoms with E-state index in [-0.39, 0.29) is 50.7 Å². The minimum atomic E-state index is -3.27. The van der Waals surface area contributed by atoms with Gasteiger partial charge in [0, 0.05) is 65.2 Å². The van der Waals surface area contributed by atoms with E-state index < -0.39 is 72.5 Å². The first-order valence-electron chi connectivity index (χ1n) is 29.8. The van der Waals surface area contributed by atoms with Crippen LogP contribution in [-0.4, -0.2) is 15.0 Å². The summed E-state index contributed by atoms with van der Waals surface area (Å²) < 4.78 is 165. The van der Waals surface area contributed by atoms with Crippen molar-refractivity contribution in [2.45, 2.75) is 77.7 Å². The number of furan rings is 1. The van der Waals surface area contributed by atoms with Crippen LogP contribution in [0.15, 0.2) is 187 Å². The summed E-state index contributed by atoms with van der Waals surface area (Å²) in [6, 6.07) is 41.2. The van der Waals surface area contributed by atoms with E-state index in [1.807, 2.05) is 0 Å². The van der Waals surface area contributed by atoms with E-state index in [1.165, 1.54) is 58.0 Å². The fourth-order valence-corrected chi connectivity index (χ4v) is 8.20. The smallest absolute Gasteiger partial charge is 0.146 e. The molecule has 0 aliphatic rings. The molecule has 0 fully saturated rings. The number of aromatic nitrogens is 3. The van der Waals surface area contributed by atoms with Gasteiger partial charge < -0.3 is 4.42 Å². The van der Waals surface area contributed by atoms with Gasteiger partial charge in [0.1, 0.15) is 17.0 Å². The number of hydrogen-bond donors (Lipinski definition) is 0. The lowest BCUT2D eigenvalue weighted by Gasteiger charge is -2.16. The fraction of sp³-hybridized carbons (Fsp3) is 0.190. The highest BCUT2D eigenvalue weighted by molar-refractivity contribution is 6.12. The van der Waals surface area contributed by atoms with Crippen LogP contribution in [0.4, 0.5) is 4.39 Å². The summed E-state index contributed by atoms with van der Waals surface area (Å²) in [6.45, 7) is 6.02. The highest BCUT2D eigenvalue weighted by Gasteiger charge is 2.20. The molecule has 0 saturated heterocycles. The van der Waals surface area contributed by atoms with Gasteiger partial charge in [-0.2, -0.15) is 0 Å². The molecule has 6 aromatic carbocycles. The van der Waals surface area contributed by atoms with Gasteiger partial charge in [-0.25, -0.2) is 4.39 Å². The average Bonchev–Trinajstić information content (AvgIpc) is 2.06. The van der Waals surface area contributed by atoms with Crippen molar-refractivity contribution in [3.8, 4) is 44.9 Å². The zero-order valence-corrected chi connectivity index (χ0v) is 37.9. The third-order valence-corrected chi connectivity index (χ3v) is 11.6. The van der Waals surface area contributed by atoms with Gasteiger partial charge >= 0.3 is 0 Å². The molecule has 4 aromatic heterocycles. The SMILES string of the molecule is [2H]c1cc2c(oc3c(-c4ccc(C([2H])([2H])C([2H])([2H])c5cc(C([2H])([2H])C([2H])([2H])c6cnc(-c7ccccc7)cc6C([2H])(C)C)cc(C([2H])([2H])C([2H])([2H])c6cnc(-c7ccccc7)cc6C([2H])(C)C)c5)cn4)cccc32)c(-c2ccccc2)c1F. The average molecular weight is 905 g/mol. The molecule has 0 aliphatic heterocycles. The minimum absolute atomic E-state index is 0.0623. The summed E-state index contributed by atoms with van der Waals surface area (Å²) in [6.07, 6.45) is -15.8. The normalized spacial score (nSPS) is 16.5. The molecular weight excluding hydrogens is 834 g/mol. The Morgan fingerprint density at radius 1 is 0.485 bits per heavy atom. The second kappa shape index (κ2) is 19.8. The summed E-state index contributed by atoms with van der Waals surface area (Å²) in [5.41, 5.74) is 0.858. The summed E-state index contributed by atoms with van der Waals surface area (Å²) in [7, 11) is 0. The second-order valence-electron chi connectivity index (χ2n) is 16.8. The Kier molecular flexibility index (Phi) is 8.72. The van der Waals surface area contributed by atoms with Gasteiger partial charge in [0.25, 0.3) is 0 Å². The van der Waals surface area contributed by atoms with Crippen molar-refractivity contribution in [1.29, 1.82) is 0 Å². The maximum atomic E-state index is 15.8. The van der Waals surface area contributed by atoms with E-state index in [1.54, 1.807) is 109 Å². The zero-order valence-electron chi connectivity index (χ0n) is 52.9. The van der Waals surface area contributed by atoms with E-state index in [0.717, 1.165) is 36.8 Å². The maximum absolute atomic E-state index is 15.8. The van der Waals surface area contributed by atoms with E-state index in [4.69, 9.17) is 8.53 Å². The van der Waals surface area contributed by atoms with Crippen molar-refractivity contribution in [2.75, 3.05) is 0 Å². The molecule has 10 aromatic rings. The number of pyridine rings is 3. The van der Waals surface area contributed by atoms with E-state index in [9.17, 15) is 16.4 Å². The van der Waals surface area contributed by atoms with Crippen LogP contribution in [-0.2, 0) is 38.2 Å². The molecule has 4 nitrogen and oxygen atoms in total. The van der Waals surface area contributed by atoms with Gasteiger partial charge in [-0.1, -0.05) is 155 Å². The summed E-state index contributed by atoms with van der Waals surface area (Å²) in [4.78, 5) is 13.6. The molecule has 0 N–H and O–H groups in total. The number of para-hydroxylation sites is 1. The van der Waals surface area contributed by atoms with Crippen LogP contribution in [0.2, 0.25) is 0 Å². The Morgan fingerprint density at radius 3 is 1.49 bits per heavy atom. The monoisotopic (exact) mass is 905 g/mol. The lowest BCUT2D eigenvalue weighted by atomic mass is 9.90. The lowest BCUT2D eigenvalue weighted by Crippen LogP contribution is -2.04. The van der Waals surface area contributed by atoms with Crippen LogP contribution in [0.5, 0.6) is 0 Å². The number of halogens is 1. The molecule has 5 heteroatoms. The molecule has 0 amide bonds. The molecule has 0 aliphatic carbocycles. The van der Waals surface area contributed by atoms with Gasteiger partial charge in [0.15, 0.2) is 0 Å². The molecule has 336 valence electrons. The molecule has 0 radical (unpaired) electrons. The Labute approximate surface area is 420 Å². The van der Waals surface area contributed by atoms with E-state index >= 15 is 4.39 Å². The maximum Gasteiger partial charge on any atom is 0.146 e.